The first kappa shape index (κ1) is 7.98. The number of nitrogens with zero attached hydrogens (tertiary/aromatic N) is 2. The fraction of sp³-hybridized carbons (Fsp3) is 0. The zero-order valence-corrected chi connectivity index (χ0v) is 9.49. The normalized spacial score (nSPS) is 11.8. The SMILES string of the molecule is Nc1sc2c(sc3nnsc32)c1S. The van der Waals surface area contributed by atoms with Gasteiger partial charge in [0.25, 0.3) is 0 Å². The van der Waals surface area contributed by atoms with Crippen molar-refractivity contribution in [3.8, 4) is 0 Å². The van der Waals surface area contributed by atoms with Crippen molar-refractivity contribution >= 4 is 70.8 Å². The van der Waals surface area contributed by atoms with E-state index in [2.05, 4.69) is 22.2 Å². The van der Waals surface area contributed by atoms with Crippen molar-refractivity contribution in [2.45, 2.75) is 4.90 Å². The molecule has 0 bridgehead atoms. The molecule has 0 unspecified atom stereocenters. The largest absolute Gasteiger partial charge is 0.390 e. The summed E-state index contributed by atoms with van der Waals surface area (Å²) in [5.41, 5.74) is 5.77. The molecule has 0 saturated carbocycles. The van der Waals surface area contributed by atoms with Crippen LogP contribution in [-0.2, 0) is 0 Å². The molecule has 0 radical (unpaired) electrons. The van der Waals surface area contributed by atoms with E-state index in [9.17, 15) is 0 Å². The number of fused-ring (bicyclic) bond motifs is 3. The third-order valence-corrected chi connectivity index (χ3v) is 5.76. The van der Waals surface area contributed by atoms with Crippen LogP contribution in [0.2, 0.25) is 0 Å². The maximum absolute atomic E-state index is 5.77. The molecule has 3 rings (SSSR count). The maximum atomic E-state index is 5.77. The molecule has 7 heteroatoms. The monoisotopic (exact) mass is 245 g/mol. The highest BCUT2D eigenvalue weighted by Crippen LogP contribution is 2.45. The number of thiophene rings is 2. The van der Waals surface area contributed by atoms with Gasteiger partial charge in [0, 0.05) is 0 Å². The number of hydrogen-bond acceptors (Lipinski definition) is 7. The Morgan fingerprint density at radius 2 is 2.00 bits per heavy atom. The zero-order valence-electron chi connectivity index (χ0n) is 6.14. The Morgan fingerprint density at radius 3 is 2.85 bits per heavy atom. The van der Waals surface area contributed by atoms with Crippen LogP contribution in [0.25, 0.3) is 18.9 Å². The summed E-state index contributed by atoms with van der Waals surface area (Å²) < 4.78 is 7.35. The third-order valence-electron chi connectivity index (χ3n) is 1.73. The van der Waals surface area contributed by atoms with Crippen molar-refractivity contribution in [1.82, 2.24) is 9.59 Å². The molecule has 3 aromatic rings. The van der Waals surface area contributed by atoms with Gasteiger partial charge in [-0.25, -0.2) is 0 Å². The number of aromatic nitrogens is 2. The van der Waals surface area contributed by atoms with E-state index in [0.29, 0.717) is 0 Å². The van der Waals surface area contributed by atoms with Gasteiger partial charge in [-0.2, -0.15) is 0 Å². The summed E-state index contributed by atoms with van der Waals surface area (Å²) in [7, 11) is 0. The lowest BCUT2D eigenvalue weighted by atomic mass is 10.5. The number of nitrogen functional groups attached to an aromatic ring is 1. The smallest absolute Gasteiger partial charge is 0.160 e. The summed E-state index contributed by atoms with van der Waals surface area (Å²) in [5, 5.41) is 4.80. The fourth-order valence-electron chi connectivity index (χ4n) is 1.15. The second-order valence-corrected chi connectivity index (χ2v) is 5.74. The highest BCUT2D eigenvalue weighted by Gasteiger charge is 2.15. The maximum Gasteiger partial charge on any atom is 0.160 e. The number of nitrogens with two attached hydrogens (primary N) is 1. The molecule has 0 fully saturated rings. The van der Waals surface area contributed by atoms with Crippen LogP contribution in [0.1, 0.15) is 0 Å². The van der Waals surface area contributed by atoms with Gasteiger partial charge in [-0.15, -0.1) is 40.4 Å². The summed E-state index contributed by atoms with van der Waals surface area (Å²) in [5.74, 6) is 0. The standard InChI is InChI=1S/C6H3N3S4/c7-5-1(10)2-3(11-5)4-6(12-2)8-9-13-4/h10H,7H2. The highest BCUT2D eigenvalue weighted by molar-refractivity contribution is 7.81. The first-order chi connectivity index (χ1) is 6.27. The van der Waals surface area contributed by atoms with Crippen molar-refractivity contribution in [3.63, 3.8) is 0 Å². The lowest BCUT2D eigenvalue weighted by Gasteiger charge is -1.83. The molecule has 0 amide bonds. The molecule has 0 aliphatic carbocycles. The summed E-state index contributed by atoms with van der Waals surface area (Å²) in [6.07, 6.45) is 0. The van der Waals surface area contributed by atoms with Gasteiger partial charge in [-0.1, -0.05) is 4.49 Å². The molecule has 3 nitrogen and oxygen atoms in total. The van der Waals surface area contributed by atoms with Gasteiger partial charge in [0.1, 0.15) is 9.70 Å². The second-order valence-electron chi connectivity index (χ2n) is 2.48. The Bertz CT molecular complexity index is 589. The molecule has 0 spiro atoms. The molecule has 3 heterocycles. The predicted octanol–water partition coefficient (Wildman–Crippen LogP) is 2.84. The second kappa shape index (κ2) is 2.57. The van der Waals surface area contributed by atoms with E-state index in [1.54, 1.807) is 22.7 Å². The van der Waals surface area contributed by atoms with Crippen molar-refractivity contribution in [1.29, 1.82) is 0 Å². The average Bonchev–Trinajstić information content (AvgIpc) is 2.70. The summed E-state index contributed by atoms with van der Waals surface area (Å²) in [6.45, 7) is 0. The van der Waals surface area contributed by atoms with Gasteiger partial charge >= 0.3 is 0 Å². The van der Waals surface area contributed by atoms with Crippen molar-refractivity contribution in [2.24, 2.45) is 0 Å². The van der Waals surface area contributed by atoms with Gasteiger partial charge in [0.2, 0.25) is 0 Å². The van der Waals surface area contributed by atoms with Crippen LogP contribution in [0, 0.1) is 0 Å². The van der Waals surface area contributed by atoms with Crippen molar-refractivity contribution in [2.75, 3.05) is 5.73 Å². The Morgan fingerprint density at radius 1 is 1.15 bits per heavy atom. The molecular weight excluding hydrogens is 242 g/mol. The van der Waals surface area contributed by atoms with Gasteiger partial charge < -0.3 is 5.73 Å². The Hall–Kier alpha value is -0.370. The number of rotatable bonds is 0. The van der Waals surface area contributed by atoms with Crippen molar-refractivity contribution < 1.29 is 0 Å². The van der Waals surface area contributed by atoms with Crippen LogP contribution in [0.15, 0.2) is 4.90 Å². The van der Waals surface area contributed by atoms with E-state index in [1.165, 1.54) is 16.2 Å². The topological polar surface area (TPSA) is 51.8 Å². The van der Waals surface area contributed by atoms with E-state index < -0.39 is 0 Å². The molecule has 0 atom stereocenters. The van der Waals surface area contributed by atoms with E-state index in [1.807, 2.05) is 0 Å². The minimum Gasteiger partial charge on any atom is -0.390 e. The summed E-state index contributed by atoms with van der Waals surface area (Å²) >= 11 is 8.94. The molecule has 0 aromatic carbocycles. The Labute approximate surface area is 90.8 Å². The lowest BCUT2D eigenvalue weighted by Crippen LogP contribution is -1.76. The third kappa shape index (κ3) is 0.954. The van der Waals surface area contributed by atoms with Crippen LogP contribution in [0.4, 0.5) is 5.00 Å². The molecular formula is C6H3N3S4. The number of anilines is 1. The average molecular weight is 245 g/mol. The van der Waals surface area contributed by atoms with Crippen LogP contribution in [-0.4, -0.2) is 9.59 Å². The van der Waals surface area contributed by atoms with Crippen LogP contribution in [0.3, 0.4) is 0 Å². The number of thiol groups is 1. The molecule has 13 heavy (non-hydrogen) atoms. The van der Waals surface area contributed by atoms with Gasteiger partial charge in [-0.05, 0) is 11.5 Å². The van der Waals surface area contributed by atoms with E-state index >= 15 is 0 Å². The molecule has 2 N–H and O–H groups in total. The van der Waals surface area contributed by atoms with Crippen LogP contribution >= 0.6 is 46.8 Å². The van der Waals surface area contributed by atoms with E-state index in [4.69, 9.17) is 5.73 Å². The van der Waals surface area contributed by atoms with Gasteiger partial charge in [0.15, 0.2) is 4.83 Å². The fourth-order valence-corrected chi connectivity index (χ4v) is 4.77. The van der Waals surface area contributed by atoms with E-state index in [-0.39, 0.29) is 0 Å². The zero-order chi connectivity index (χ0) is 9.00. The minimum atomic E-state index is 0.778. The van der Waals surface area contributed by atoms with Crippen molar-refractivity contribution in [3.05, 3.63) is 0 Å². The van der Waals surface area contributed by atoms with Gasteiger partial charge in [0.05, 0.1) is 14.3 Å². The molecule has 0 aliphatic rings. The summed E-state index contributed by atoms with van der Waals surface area (Å²) in [6, 6.07) is 0. The van der Waals surface area contributed by atoms with Crippen LogP contribution < -0.4 is 5.73 Å². The van der Waals surface area contributed by atoms with E-state index in [0.717, 1.165) is 24.1 Å². The molecule has 66 valence electrons. The quantitative estimate of drug-likeness (QED) is 0.599. The first-order valence-electron chi connectivity index (χ1n) is 3.39. The highest BCUT2D eigenvalue weighted by atomic mass is 32.1. The Kier molecular flexibility index (Phi) is 1.58. The molecule has 3 aromatic heterocycles. The minimum absolute atomic E-state index is 0.778. The Balaban J connectivity index is 2.63. The summed E-state index contributed by atoms with van der Waals surface area (Å²) in [4.78, 5) is 1.87. The number of hydrogen-bond donors (Lipinski definition) is 2. The van der Waals surface area contributed by atoms with Gasteiger partial charge in [-0.3, -0.25) is 0 Å². The lowest BCUT2D eigenvalue weighted by molar-refractivity contribution is 1.21. The molecule has 0 aliphatic heterocycles. The van der Waals surface area contributed by atoms with Crippen LogP contribution in [0.5, 0.6) is 0 Å². The molecule has 0 saturated heterocycles. The predicted molar refractivity (Wildman–Crippen MR) is 62.3 cm³/mol. The first-order valence-corrected chi connectivity index (χ1v) is 6.24.